The number of carbonyl (C=O) groups is 3. The van der Waals surface area contributed by atoms with Crippen LogP contribution in [0.4, 0.5) is 4.79 Å². The van der Waals surface area contributed by atoms with E-state index >= 15 is 0 Å². The van der Waals surface area contributed by atoms with Gasteiger partial charge in [0.15, 0.2) is 5.60 Å². The molecular weight excluding hydrogens is 607 g/mol. The van der Waals surface area contributed by atoms with Gasteiger partial charge >= 0.3 is 12.1 Å². The van der Waals surface area contributed by atoms with Gasteiger partial charge < -0.3 is 19.1 Å². The number of Topliss-reactive ketones (excluding diaryl/α,β-unsaturated/α-hetero) is 1. The van der Waals surface area contributed by atoms with Gasteiger partial charge in [0.1, 0.15) is 36.4 Å². The van der Waals surface area contributed by atoms with Crippen LogP contribution in [0.1, 0.15) is 60.8 Å². The lowest BCUT2D eigenvalue weighted by Crippen LogP contribution is -2.60. The zero-order valence-electron chi connectivity index (χ0n) is 28.6. The van der Waals surface area contributed by atoms with E-state index in [9.17, 15) is 14.4 Å². The number of esters is 1. The summed E-state index contributed by atoms with van der Waals surface area (Å²) in [7, 11) is 5.74. The minimum atomic E-state index is -1.15. The van der Waals surface area contributed by atoms with Crippen LogP contribution in [-0.2, 0) is 30.3 Å². The van der Waals surface area contributed by atoms with Gasteiger partial charge in [0.25, 0.3) is 0 Å². The molecule has 0 aromatic carbocycles. The molecule has 2 aromatic heterocycles. The van der Waals surface area contributed by atoms with Crippen molar-refractivity contribution in [2.75, 3.05) is 27.2 Å². The maximum Gasteiger partial charge on any atom is 0.411 e. The third kappa shape index (κ3) is 7.23. The fraction of sp³-hybridized carbons (Fsp3) is 0.688. The monoisotopic (exact) mass is 656 g/mol. The van der Waals surface area contributed by atoms with Gasteiger partial charge in [-0.2, -0.15) is 0 Å². The summed E-state index contributed by atoms with van der Waals surface area (Å²) in [5.74, 6) is -2.29. The van der Waals surface area contributed by atoms with E-state index in [-0.39, 0.29) is 17.6 Å². The first-order valence-electron chi connectivity index (χ1n) is 16.2. The number of thiazole rings is 1. The summed E-state index contributed by atoms with van der Waals surface area (Å²) in [5, 5.41) is 11.1. The van der Waals surface area contributed by atoms with E-state index in [2.05, 4.69) is 27.1 Å². The number of rotatable bonds is 7. The number of hydrogen-bond acceptors (Lipinski definition) is 11. The summed E-state index contributed by atoms with van der Waals surface area (Å²) in [5.41, 5.74) is -1.00. The van der Waals surface area contributed by atoms with Gasteiger partial charge in [0.05, 0.1) is 24.4 Å². The number of cyclic esters (lactones) is 1. The van der Waals surface area contributed by atoms with Crippen LogP contribution in [0, 0.1) is 11.8 Å². The lowest BCUT2D eigenvalue weighted by molar-refractivity contribution is -0.171. The van der Waals surface area contributed by atoms with Crippen molar-refractivity contribution < 1.29 is 28.6 Å². The molecule has 2 aliphatic heterocycles. The first-order valence-corrected chi connectivity index (χ1v) is 17.1. The molecule has 4 heterocycles. The minimum absolute atomic E-state index is 0.119. The molecule has 0 saturated carbocycles. The number of ether oxygens (including phenoxy) is 3. The predicted octanol–water partition coefficient (Wildman–Crippen LogP) is 3.64. The van der Waals surface area contributed by atoms with Gasteiger partial charge in [-0.25, -0.2) is 14.5 Å². The van der Waals surface area contributed by atoms with Gasteiger partial charge in [-0.15, -0.1) is 16.4 Å². The van der Waals surface area contributed by atoms with Crippen molar-refractivity contribution in [2.45, 2.75) is 103 Å². The smallest absolute Gasteiger partial charge is 0.411 e. The molecule has 0 unspecified atom stereocenters. The van der Waals surface area contributed by atoms with Crippen LogP contribution in [0.5, 0.6) is 0 Å². The molecule has 14 heteroatoms. The van der Waals surface area contributed by atoms with Crippen LogP contribution in [0.25, 0.3) is 10.7 Å². The summed E-state index contributed by atoms with van der Waals surface area (Å²) >= 11 is 1.50. The first kappa shape index (κ1) is 35.8. The van der Waals surface area contributed by atoms with Crippen LogP contribution >= 0.6 is 11.3 Å². The van der Waals surface area contributed by atoms with Crippen LogP contribution in [0.2, 0.25) is 5.82 Å². The van der Waals surface area contributed by atoms with Crippen LogP contribution in [0.15, 0.2) is 29.9 Å². The number of ketones is 1. The molecule has 0 N–H and O–H groups in total. The summed E-state index contributed by atoms with van der Waals surface area (Å²) in [4.78, 5) is 48.8. The molecule has 2 fully saturated rings. The Bertz CT molecular complexity index is 1390. The van der Waals surface area contributed by atoms with Crippen molar-refractivity contribution in [3.05, 3.63) is 29.9 Å². The minimum Gasteiger partial charge on any atom is -0.458 e. The molecule has 0 bridgehead atoms. The lowest BCUT2D eigenvalue weighted by atomic mass is 9.63. The van der Waals surface area contributed by atoms with E-state index in [1.54, 1.807) is 29.8 Å². The second-order valence-electron chi connectivity index (χ2n) is 13.2. The number of fused-ring (bicyclic) bond motifs is 1. The molecule has 4 rings (SSSR count). The quantitative estimate of drug-likeness (QED) is 0.189. The standard InChI is InChI=1S/C32H49BN6O6S/c1-9-24-32(6)27(39(30(42)45-32)17-11-10-16-38-19-23(35-36-38)28-34-14-18-46-28)22(4)37(7)15-12-13-31(5,43-8)26(33)20(2)25(40)21(3)29(41)44-24/h10-11,14,18-22,24,26-27H,9,12-13,15-17,33H2,1-8H3/b11-10+/t20-,21+,22-,24+,26+,27+,31+,32+/m0/s1. The largest absolute Gasteiger partial charge is 0.458 e. The van der Waals surface area contributed by atoms with E-state index in [4.69, 9.17) is 14.2 Å². The molecular formula is C32H49BN6O6S. The van der Waals surface area contributed by atoms with Crippen molar-refractivity contribution in [3.63, 3.8) is 0 Å². The number of nitrogens with zero attached hydrogens (tertiary/aromatic N) is 6. The molecule has 252 valence electrons. The van der Waals surface area contributed by atoms with E-state index in [1.165, 1.54) is 11.3 Å². The first-order chi connectivity index (χ1) is 21.8. The number of aromatic nitrogens is 4. The van der Waals surface area contributed by atoms with E-state index in [0.717, 1.165) is 24.4 Å². The summed E-state index contributed by atoms with van der Waals surface area (Å²) in [6.45, 7) is 12.8. The van der Waals surface area contributed by atoms with Crippen LogP contribution in [-0.4, -0.2) is 112 Å². The number of amides is 1. The molecule has 0 radical (unpaired) electrons. The topological polar surface area (TPSA) is 129 Å². The highest BCUT2D eigenvalue weighted by Gasteiger charge is 2.58. The average Bonchev–Trinajstić information content (AvgIpc) is 3.79. The SMILES string of the molecule is B[C@@H]1[C@@H](C)C(=O)[C@@H](C)C(=O)O[C@H](CC)[C@@]2(C)OC(=O)N(C/C=C/Cn3cc(-c4nccs4)nn3)[C@@H]2[C@H](C)N(C)CCC[C@@]1(C)OC. The average molecular weight is 657 g/mol. The molecule has 1 amide bonds. The predicted molar refractivity (Wildman–Crippen MR) is 178 cm³/mol. The maximum absolute atomic E-state index is 13.6. The highest BCUT2D eigenvalue weighted by atomic mass is 32.1. The lowest BCUT2D eigenvalue weighted by Gasteiger charge is -2.43. The van der Waals surface area contributed by atoms with Gasteiger partial charge in [0.2, 0.25) is 0 Å². The van der Waals surface area contributed by atoms with E-state index < -0.39 is 47.2 Å². The zero-order valence-corrected chi connectivity index (χ0v) is 29.5. The number of hydrogen-bond donors (Lipinski definition) is 0. The van der Waals surface area contributed by atoms with Gasteiger partial charge in [-0.3, -0.25) is 14.5 Å². The Morgan fingerprint density at radius 1 is 1.17 bits per heavy atom. The highest BCUT2D eigenvalue weighted by Crippen LogP contribution is 2.41. The Labute approximate surface area is 277 Å². The van der Waals surface area contributed by atoms with Crippen molar-refractivity contribution in [1.29, 1.82) is 0 Å². The summed E-state index contributed by atoms with van der Waals surface area (Å²) < 4.78 is 19.9. The molecule has 46 heavy (non-hydrogen) atoms. The number of allylic oxidation sites excluding steroid dienone is 1. The Morgan fingerprint density at radius 2 is 1.89 bits per heavy atom. The molecule has 0 spiro atoms. The number of methoxy groups -OCH3 is 1. The molecule has 2 saturated heterocycles. The maximum atomic E-state index is 13.6. The van der Waals surface area contributed by atoms with Crippen molar-refractivity contribution >= 4 is 37.0 Å². The van der Waals surface area contributed by atoms with Gasteiger partial charge in [-0.1, -0.05) is 31.2 Å². The van der Waals surface area contributed by atoms with Crippen molar-refractivity contribution in [2.24, 2.45) is 11.8 Å². The number of carbonyl (C=O) groups excluding carboxylic acids is 3. The van der Waals surface area contributed by atoms with E-state index in [1.807, 2.05) is 66.3 Å². The highest BCUT2D eigenvalue weighted by molar-refractivity contribution is 7.13. The second-order valence-corrected chi connectivity index (χ2v) is 14.1. The fourth-order valence-corrected chi connectivity index (χ4v) is 7.48. The second kappa shape index (κ2) is 14.8. The van der Waals surface area contributed by atoms with E-state index in [0.29, 0.717) is 25.2 Å². The zero-order chi connectivity index (χ0) is 33.8. The summed E-state index contributed by atoms with van der Waals surface area (Å²) in [6.07, 6.45) is 8.15. The van der Waals surface area contributed by atoms with Crippen molar-refractivity contribution in [1.82, 2.24) is 29.8 Å². The molecule has 2 aliphatic rings. The Balaban J connectivity index is 1.60. The van der Waals surface area contributed by atoms with Crippen molar-refractivity contribution in [3.8, 4) is 10.7 Å². The Hall–Kier alpha value is -3.10. The molecule has 8 atom stereocenters. The molecule has 12 nitrogen and oxygen atoms in total. The van der Waals surface area contributed by atoms with Crippen LogP contribution < -0.4 is 0 Å². The molecule has 2 aromatic rings. The Kier molecular flexibility index (Phi) is 11.5. The number of likely N-dealkylation sites (N-methyl/N-ethyl adjacent to an activating group) is 1. The third-order valence-corrected chi connectivity index (χ3v) is 11.2. The van der Waals surface area contributed by atoms with Gasteiger partial charge in [0, 0.05) is 37.2 Å². The van der Waals surface area contributed by atoms with Gasteiger partial charge in [-0.05, 0) is 66.4 Å². The Morgan fingerprint density at radius 3 is 2.54 bits per heavy atom. The molecule has 0 aliphatic carbocycles. The summed E-state index contributed by atoms with van der Waals surface area (Å²) in [6, 6.07) is -0.596. The fourth-order valence-electron chi connectivity index (χ4n) is 6.89. The normalized spacial score (nSPS) is 33.8. The van der Waals surface area contributed by atoms with Crippen LogP contribution in [0.3, 0.4) is 0 Å². The third-order valence-electron chi connectivity index (χ3n) is 10.4.